The van der Waals surface area contributed by atoms with Gasteiger partial charge in [0.15, 0.2) is 0 Å². The lowest BCUT2D eigenvalue weighted by atomic mass is 10.1. The summed E-state index contributed by atoms with van der Waals surface area (Å²) in [7, 11) is 0. The summed E-state index contributed by atoms with van der Waals surface area (Å²) < 4.78 is 10.6. The molecule has 4 heteroatoms. The van der Waals surface area contributed by atoms with Gasteiger partial charge >= 0.3 is 0 Å². The number of hydrogen-bond donors (Lipinski definition) is 2. The van der Waals surface area contributed by atoms with Crippen molar-refractivity contribution in [2.24, 2.45) is 0 Å². The smallest absolute Gasteiger partial charge is 0.149 e. The van der Waals surface area contributed by atoms with E-state index in [0.29, 0.717) is 6.61 Å². The summed E-state index contributed by atoms with van der Waals surface area (Å²) in [5.41, 5.74) is 1.04. The third-order valence-corrected chi connectivity index (χ3v) is 2.70. The van der Waals surface area contributed by atoms with E-state index in [9.17, 15) is 5.11 Å². The summed E-state index contributed by atoms with van der Waals surface area (Å²) in [6, 6.07) is 9.73. The van der Waals surface area contributed by atoms with Crippen molar-refractivity contribution >= 4 is 0 Å². The highest BCUT2D eigenvalue weighted by atomic mass is 16.5. The zero-order valence-electron chi connectivity index (χ0n) is 9.40. The molecule has 1 aromatic rings. The minimum absolute atomic E-state index is 0.225. The molecule has 0 bridgehead atoms. The lowest BCUT2D eigenvalue weighted by molar-refractivity contribution is -0.106. The average Bonchev–Trinajstić information content (AvgIpc) is 2.39. The first-order valence-electron chi connectivity index (χ1n) is 5.58. The van der Waals surface area contributed by atoms with E-state index in [0.717, 1.165) is 5.56 Å². The second-order valence-electron chi connectivity index (χ2n) is 3.94. The van der Waals surface area contributed by atoms with E-state index in [2.05, 4.69) is 0 Å². The molecule has 1 aliphatic heterocycles. The Morgan fingerprint density at radius 2 is 2.00 bits per heavy atom. The molecule has 0 fully saturated rings. The molecule has 0 saturated heterocycles. The molecule has 1 heterocycles. The van der Waals surface area contributed by atoms with E-state index in [1.807, 2.05) is 30.3 Å². The molecular formula is C13H16O4. The van der Waals surface area contributed by atoms with Crippen LogP contribution in [0.2, 0.25) is 0 Å². The van der Waals surface area contributed by atoms with Crippen LogP contribution in [-0.2, 0) is 16.1 Å². The Balaban J connectivity index is 1.91. The van der Waals surface area contributed by atoms with Gasteiger partial charge in [-0.25, -0.2) is 0 Å². The monoisotopic (exact) mass is 236 g/mol. The topological polar surface area (TPSA) is 58.9 Å². The number of benzene rings is 1. The SMILES string of the molecule is OC[C@H]1OC=C[C@@H](OCc2ccccc2)[C@@H]1O. The van der Waals surface area contributed by atoms with Gasteiger partial charge in [0.25, 0.3) is 0 Å². The summed E-state index contributed by atoms with van der Waals surface area (Å²) in [6.45, 7) is 0.196. The molecule has 1 aliphatic rings. The van der Waals surface area contributed by atoms with Gasteiger partial charge in [-0.15, -0.1) is 0 Å². The molecular weight excluding hydrogens is 220 g/mol. The largest absolute Gasteiger partial charge is 0.493 e. The molecule has 0 amide bonds. The Morgan fingerprint density at radius 3 is 2.71 bits per heavy atom. The number of aliphatic hydroxyl groups is 2. The zero-order chi connectivity index (χ0) is 12.1. The van der Waals surface area contributed by atoms with Crippen LogP contribution >= 0.6 is 0 Å². The first-order chi connectivity index (χ1) is 8.31. The van der Waals surface area contributed by atoms with Crippen molar-refractivity contribution in [2.75, 3.05) is 6.61 Å². The van der Waals surface area contributed by atoms with E-state index >= 15 is 0 Å². The molecule has 17 heavy (non-hydrogen) atoms. The molecule has 0 unspecified atom stereocenters. The standard InChI is InChI=1S/C13H16O4/c14-8-12-13(15)11(6-7-16-12)17-9-10-4-2-1-3-5-10/h1-7,11-15H,8-9H2/t11-,12-,13+/m1/s1. The van der Waals surface area contributed by atoms with Crippen molar-refractivity contribution in [3.8, 4) is 0 Å². The number of rotatable bonds is 4. The predicted molar refractivity (Wildman–Crippen MR) is 62.1 cm³/mol. The van der Waals surface area contributed by atoms with Gasteiger partial charge in [-0.1, -0.05) is 30.3 Å². The van der Waals surface area contributed by atoms with Crippen molar-refractivity contribution in [1.29, 1.82) is 0 Å². The first-order valence-corrected chi connectivity index (χ1v) is 5.58. The van der Waals surface area contributed by atoms with Crippen LogP contribution in [0.4, 0.5) is 0 Å². The van der Waals surface area contributed by atoms with Crippen molar-refractivity contribution in [3.63, 3.8) is 0 Å². The second kappa shape index (κ2) is 5.82. The molecule has 2 N–H and O–H groups in total. The van der Waals surface area contributed by atoms with Gasteiger partial charge in [0.05, 0.1) is 19.5 Å². The minimum Gasteiger partial charge on any atom is -0.493 e. The molecule has 4 nitrogen and oxygen atoms in total. The maximum Gasteiger partial charge on any atom is 0.149 e. The first kappa shape index (κ1) is 12.1. The van der Waals surface area contributed by atoms with Gasteiger partial charge < -0.3 is 19.7 Å². The highest BCUT2D eigenvalue weighted by Crippen LogP contribution is 2.16. The molecule has 2 rings (SSSR count). The summed E-state index contributed by atoms with van der Waals surface area (Å²) in [5.74, 6) is 0. The van der Waals surface area contributed by atoms with Gasteiger partial charge in [0, 0.05) is 0 Å². The van der Waals surface area contributed by atoms with Gasteiger partial charge in [-0.05, 0) is 11.6 Å². The van der Waals surface area contributed by atoms with Crippen molar-refractivity contribution in [2.45, 2.75) is 24.9 Å². The van der Waals surface area contributed by atoms with Gasteiger partial charge in [-0.2, -0.15) is 0 Å². The van der Waals surface area contributed by atoms with E-state index in [1.165, 1.54) is 6.26 Å². The van der Waals surface area contributed by atoms with Crippen LogP contribution in [0.5, 0.6) is 0 Å². The maximum absolute atomic E-state index is 9.85. The van der Waals surface area contributed by atoms with Crippen molar-refractivity contribution in [3.05, 3.63) is 48.2 Å². The van der Waals surface area contributed by atoms with Gasteiger partial charge in [-0.3, -0.25) is 0 Å². The number of ether oxygens (including phenoxy) is 2. The zero-order valence-corrected chi connectivity index (χ0v) is 9.40. The van der Waals surface area contributed by atoms with E-state index in [4.69, 9.17) is 14.6 Å². The summed E-state index contributed by atoms with van der Waals surface area (Å²) in [6.07, 6.45) is 1.22. The Bertz CT molecular complexity index is 363. The quantitative estimate of drug-likeness (QED) is 0.813. The van der Waals surface area contributed by atoms with Crippen LogP contribution in [-0.4, -0.2) is 35.1 Å². The molecule has 0 aliphatic carbocycles. The Labute approximate surface area is 100 Å². The average molecular weight is 236 g/mol. The molecule has 0 saturated carbocycles. The summed E-state index contributed by atoms with van der Waals surface area (Å²) in [4.78, 5) is 0. The fourth-order valence-corrected chi connectivity index (χ4v) is 1.70. The summed E-state index contributed by atoms with van der Waals surface area (Å²) >= 11 is 0. The van der Waals surface area contributed by atoms with Crippen LogP contribution < -0.4 is 0 Å². The van der Waals surface area contributed by atoms with Crippen LogP contribution in [0, 0.1) is 0 Å². The lowest BCUT2D eigenvalue weighted by Gasteiger charge is -2.29. The van der Waals surface area contributed by atoms with Gasteiger partial charge in [0.1, 0.15) is 18.3 Å². The number of aliphatic hydroxyl groups excluding tert-OH is 2. The fourth-order valence-electron chi connectivity index (χ4n) is 1.70. The maximum atomic E-state index is 9.85. The van der Waals surface area contributed by atoms with Crippen molar-refractivity contribution in [1.82, 2.24) is 0 Å². The second-order valence-corrected chi connectivity index (χ2v) is 3.94. The molecule has 0 spiro atoms. The minimum atomic E-state index is -0.839. The molecule has 0 aromatic heterocycles. The third-order valence-electron chi connectivity index (χ3n) is 2.70. The highest BCUT2D eigenvalue weighted by molar-refractivity contribution is 5.13. The van der Waals surface area contributed by atoms with Crippen molar-refractivity contribution < 1.29 is 19.7 Å². The van der Waals surface area contributed by atoms with Crippen LogP contribution in [0.15, 0.2) is 42.7 Å². The number of hydrogen-bond acceptors (Lipinski definition) is 4. The molecule has 92 valence electrons. The highest BCUT2D eigenvalue weighted by Gasteiger charge is 2.30. The normalized spacial score (nSPS) is 27.8. The molecule has 3 atom stereocenters. The predicted octanol–water partition coefficient (Wildman–Crippen LogP) is 0.837. The Hall–Kier alpha value is -1.36. The molecule has 1 aromatic carbocycles. The van der Waals surface area contributed by atoms with E-state index in [-0.39, 0.29) is 6.61 Å². The Morgan fingerprint density at radius 1 is 1.24 bits per heavy atom. The third kappa shape index (κ3) is 3.06. The van der Waals surface area contributed by atoms with Crippen LogP contribution in [0.3, 0.4) is 0 Å². The summed E-state index contributed by atoms with van der Waals surface area (Å²) in [5, 5.41) is 18.8. The fraction of sp³-hybridized carbons (Fsp3) is 0.385. The van der Waals surface area contributed by atoms with Crippen LogP contribution in [0.1, 0.15) is 5.56 Å². The van der Waals surface area contributed by atoms with Gasteiger partial charge in [0.2, 0.25) is 0 Å². The van der Waals surface area contributed by atoms with Crippen LogP contribution in [0.25, 0.3) is 0 Å². The Kier molecular flexibility index (Phi) is 4.14. The lowest BCUT2D eigenvalue weighted by Crippen LogP contribution is -2.43. The van der Waals surface area contributed by atoms with E-state index < -0.39 is 18.3 Å². The molecule has 0 radical (unpaired) electrons. The van der Waals surface area contributed by atoms with E-state index in [1.54, 1.807) is 6.08 Å².